The van der Waals surface area contributed by atoms with E-state index < -0.39 is 0 Å². The molecule has 7 heteroatoms. The van der Waals surface area contributed by atoms with Crippen LogP contribution in [0.5, 0.6) is 5.75 Å². The summed E-state index contributed by atoms with van der Waals surface area (Å²) in [5, 5.41) is 11.4. The van der Waals surface area contributed by atoms with E-state index in [1.54, 1.807) is 10.6 Å². The highest BCUT2D eigenvalue weighted by Crippen LogP contribution is 2.32. The molecule has 25 heavy (non-hydrogen) atoms. The molecule has 3 rings (SSSR count). The average molecular weight is 359 g/mol. The zero-order chi connectivity index (χ0) is 18.0. The topological polar surface area (TPSA) is 68.5 Å². The Balaban J connectivity index is 1.71. The van der Waals surface area contributed by atoms with Crippen molar-refractivity contribution in [3.63, 3.8) is 0 Å². The number of nitrogens with one attached hydrogen (secondary N) is 1. The lowest BCUT2D eigenvalue weighted by Gasteiger charge is -2.15. The second-order valence-corrected chi connectivity index (χ2v) is 6.49. The lowest BCUT2D eigenvalue weighted by atomic mass is 10.0. The van der Waals surface area contributed by atoms with Crippen LogP contribution in [0.4, 0.5) is 5.95 Å². The van der Waals surface area contributed by atoms with Crippen molar-refractivity contribution in [1.29, 1.82) is 0 Å². The van der Waals surface area contributed by atoms with Gasteiger partial charge in [0, 0.05) is 11.2 Å². The maximum Gasteiger partial charge on any atom is 0.264 e. The van der Waals surface area contributed by atoms with E-state index in [2.05, 4.69) is 29.4 Å². The molecular weight excluding hydrogens is 340 g/mol. The summed E-state index contributed by atoms with van der Waals surface area (Å²) in [6.45, 7) is 5.89. The van der Waals surface area contributed by atoms with Gasteiger partial charge in [0.1, 0.15) is 5.75 Å². The molecule has 2 aromatic heterocycles. The summed E-state index contributed by atoms with van der Waals surface area (Å²) in [5.41, 5.74) is 2.54. The summed E-state index contributed by atoms with van der Waals surface area (Å²) in [4.78, 5) is 12.2. The number of anilines is 1. The van der Waals surface area contributed by atoms with Gasteiger partial charge in [0.2, 0.25) is 5.95 Å². The normalized spacial score (nSPS) is 11.1. The Morgan fingerprint density at radius 3 is 2.88 bits per heavy atom. The quantitative estimate of drug-likeness (QED) is 0.752. The van der Waals surface area contributed by atoms with Gasteiger partial charge in [0.05, 0.1) is 0 Å². The predicted octanol–water partition coefficient (Wildman–Crippen LogP) is 3.83. The van der Waals surface area contributed by atoms with Crippen LogP contribution >= 0.6 is 11.6 Å². The van der Waals surface area contributed by atoms with Crippen molar-refractivity contribution >= 4 is 29.1 Å². The minimum absolute atomic E-state index is 0.122. The Kier molecular flexibility index (Phi) is 4.90. The van der Waals surface area contributed by atoms with Crippen LogP contribution in [0.1, 0.15) is 30.9 Å². The van der Waals surface area contributed by atoms with Gasteiger partial charge in [0.15, 0.2) is 12.3 Å². The number of amides is 1. The molecule has 0 saturated carbocycles. The minimum Gasteiger partial charge on any atom is -0.483 e. The van der Waals surface area contributed by atoms with Gasteiger partial charge in [-0.2, -0.15) is 0 Å². The lowest BCUT2D eigenvalue weighted by Crippen LogP contribution is -2.22. The maximum absolute atomic E-state index is 12.2. The Labute approximate surface area is 150 Å². The zero-order valence-electron chi connectivity index (χ0n) is 14.3. The molecule has 0 aliphatic rings. The highest BCUT2D eigenvalue weighted by atomic mass is 35.5. The largest absolute Gasteiger partial charge is 0.483 e. The van der Waals surface area contributed by atoms with Gasteiger partial charge in [0.25, 0.3) is 5.91 Å². The van der Waals surface area contributed by atoms with E-state index in [0.717, 1.165) is 11.1 Å². The van der Waals surface area contributed by atoms with Crippen molar-refractivity contribution in [2.24, 2.45) is 0 Å². The number of hydrogen-bond acceptors (Lipinski definition) is 4. The number of aryl methyl sites for hydroxylation is 1. The van der Waals surface area contributed by atoms with Gasteiger partial charge in [-0.3, -0.25) is 14.5 Å². The lowest BCUT2D eigenvalue weighted by molar-refractivity contribution is -0.118. The van der Waals surface area contributed by atoms with Crippen LogP contribution < -0.4 is 10.1 Å². The first-order valence-corrected chi connectivity index (χ1v) is 8.36. The molecular formula is C18H19ClN4O2. The SMILES string of the molecule is Cc1cc(OCC(=O)Nc2nnc3ccccn23)c(C(C)C)cc1Cl. The molecule has 2 heterocycles. The number of ether oxygens (including phenoxy) is 1. The fourth-order valence-electron chi connectivity index (χ4n) is 2.48. The second-order valence-electron chi connectivity index (χ2n) is 6.08. The summed E-state index contributed by atoms with van der Waals surface area (Å²) in [7, 11) is 0. The Morgan fingerprint density at radius 2 is 2.12 bits per heavy atom. The van der Waals surface area contributed by atoms with Gasteiger partial charge < -0.3 is 4.74 Å². The van der Waals surface area contributed by atoms with Crippen molar-refractivity contribution in [3.05, 3.63) is 52.7 Å². The molecule has 0 atom stereocenters. The third kappa shape index (κ3) is 3.74. The molecule has 1 N–H and O–H groups in total. The standard InChI is InChI=1S/C18H19ClN4O2/c1-11(2)13-9-14(19)12(3)8-15(13)25-10-17(24)20-18-22-21-16-6-4-5-7-23(16)18/h4-9,11H,10H2,1-3H3,(H,20,22,24). The van der Waals surface area contributed by atoms with E-state index in [-0.39, 0.29) is 18.4 Å². The fraction of sp³-hybridized carbons (Fsp3) is 0.278. The number of halogens is 1. The van der Waals surface area contributed by atoms with E-state index in [0.29, 0.717) is 22.4 Å². The average Bonchev–Trinajstić information content (AvgIpc) is 2.98. The number of rotatable bonds is 5. The van der Waals surface area contributed by atoms with E-state index in [1.807, 2.05) is 37.3 Å². The van der Waals surface area contributed by atoms with Crippen LogP contribution in [-0.4, -0.2) is 27.1 Å². The summed E-state index contributed by atoms with van der Waals surface area (Å²) >= 11 is 6.19. The zero-order valence-corrected chi connectivity index (χ0v) is 15.0. The van der Waals surface area contributed by atoms with E-state index in [4.69, 9.17) is 16.3 Å². The number of aromatic nitrogens is 3. The van der Waals surface area contributed by atoms with Gasteiger partial charge in [-0.15, -0.1) is 10.2 Å². The molecule has 0 unspecified atom stereocenters. The van der Waals surface area contributed by atoms with Crippen LogP contribution in [0.15, 0.2) is 36.5 Å². The van der Waals surface area contributed by atoms with Gasteiger partial charge in [-0.25, -0.2) is 0 Å². The molecule has 0 saturated heterocycles. The van der Waals surface area contributed by atoms with E-state index in [1.165, 1.54) is 0 Å². The third-order valence-electron chi connectivity index (χ3n) is 3.84. The molecule has 0 bridgehead atoms. The molecule has 3 aromatic rings. The van der Waals surface area contributed by atoms with Crippen LogP contribution in [-0.2, 0) is 4.79 Å². The Hall–Kier alpha value is -2.60. The molecule has 1 amide bonds. The van der Waals surface area contributed by atoms with Crippen LogP contribution in [0, 0.1) is 6.92 Å². The molecule has 130 valence electrons. The van der Waals surface area contributed by atoms with Crippen LogP contribution in [0.2, 0.25) is 5.02 Å². The first-order chi connectivity index (χ1) is 12.0. The van der Waals surface area contributed by atoms with E-state index >= 15 is 0 Å². The molecule has 0 fully saturated rings. The number of carbonyl (C=O) groups is 1. The number of nitrogens with zero attached hydrogens (tertiary/aromatic N) is 3. The van der Waals surface area contributed by atoms with Crippen LogP contribution in [0.25, 0.3) is 5.65 Å². The molecule has 6 nitrogen and oxygen atoms in total. The van der Waals surface area contributed by atoms with Crippen LogP contribution in [0.3, 0.4) is 0 Å². The summed E-state index contributed by atoms with van der Waals surface area (Å²) in [6, 6.07) is 9.26. The number of pyridine rings is 1. The van der Waals surface area contributed by atoms with E-state index in [9.17, 15) is 4.79 Å². The van der Waals surface area contributed by atoms with Gasteiger partial charge in [-0.05, 0) is 48.2 Å². The predicted molar refractivity (Wildman–Crippen MR) is 97.4 cm³/mol. The first-order valence-electron chi connectivity index (χ1n) is 7.98. The highest BCUT2D eigenvalue weighted by Gasteiger charge is 2.14. The number of fused-ring (bicyclic) bond motifs is 1. The summed E-state index contributed by atoms with van der Waals surface area (Å²) in [5.74, 6) is 0.954. The van der Waals surface area contributed by atoms with Gasteiger partial charge in [-0.1, -0.05) is 31.5 Å². The Bertz CT molecular complexity index is 921. The fourth-order valence-corrected chi connectivity index (χ4v) is 2.65. The van der Waals surface area contributed by atoms with Crippen molar-refractivity contribution in [2.45, 2.75) is 26.7 Å². The van der Waals surface area contributed by atoms with Gasteiger partial charge >= 0.3 is 0 Å². The Morgan fingerprint density at radius 1 is 1.32 bits per heavy atom. The summed E-state index contributed by atoms with van der Waals surface area (Å²) < 4.78 is 7.43. The monoisotopic (exact) mass is 358 g/mol. The van der Waals surface area contributed by atoms with Crippen molar-refractivity contribution in [2.75, 3.05) is 11.9 Å². The maximum atomic E-state index is 12.2. The van der Waals surface area contributed by atoms with Crippen molar-refractivity contribution in [3.8, 4) is 5.75 Å². The van der Waals surface area contributed by atoms with Crippen molar-refractivity contribution < 1.29 is 9.53 Å². The first kappa shape index (κ1) is 17.2. The number of hydrogen-bond donors (Lipinski definition) is 1. The summed E-state index contributed by atoms with van der Waals surface area (Å²) in [6.07, 6.45) is 1.78. The number of benzene rings is 1. The molecule has 0 spiro atoms. The molecule has 0 radical (unpaired) electrons. The molecule has 1 aromatic carbocycles. The smallest absolute Gasteiger partial charge is 0.264 e. The number of carbonyl (C=O) groups excluding carboxylic acids is 1. The molecule has 0 aliphatic carbocycles. The molecule has 0 aliphatic heterocycles. The van der Waals surface area contributed by atoms with Crippen molar-refractivity contribution in [1.82, 2.24) is 14.6 Å². The highest BCUT2D eigenvalue weighted by molar-refractivity contribution is 6.31. The minimum atomic E-state index is -0.305. The third-order valence-corrected chi connectivity index (χ3v) is 4.24. The second kappa shape index (κ2) is 7.11.